The van der Waals surface area contributed by atoms with E-state index in [1.54, 1.807) is 12.4 Å². The van der Waals surface area contributed by atoms with Gasteiger partial charge in [-0.25, -0.2) is 14.8 Å². The van der Waals surface area contributed by atoms with Crippen molar-refractivity contribution in [2.24, 2.45) is 0 Å². The van der Waals surface area contributed by atoms with Crippen LogP contribution in [0.15, 0.2) is 24.5 Å². The van der Waals surface area contributed by atoms with Crippen LogP contribution in [0.2, 0.25) is 0 Å². The third kappa shape index (κ3) is 5.29. The van der Waals surface area contributed by atoms with Gasteiger partial charge in [0.2, 0.25) is 0 Å². The second kappa shape index (κ2) is 10.5. The Hall–Kier alpha value is -2.78. The van der Waals surface area contributed by atoms with Crippen molar-refractivity contribution in [3.63, 3.8) is 0 Å². The standard InChI is InChI=1S/C22H32N6O3/c1-6-31-14-19-26-18-13-24-17-10-7-11-23-20(17)21(18)27(19)12-8-9-16(4)28(30-5)22(29)25-15(2)3/h7,10-11,13,15-16H,6,8-9,12,14H2,1-5H3,(H,25,29). The maximum absolute atomic E-state index is 12.4. The molecule has 0 aliphatic heterocycles. The number of aryl methyl sites for hydroxylation is 1. The van der Waals surface area contributed by atoms with Crippen molar-refractivity contribution in [2.75, 3.05) is 13.7 Å². The summed E-state index contributed by atoms with van der Waals surface area (Å²) in [5, 5.41) is 4.27. The normalized spacial score (nSPS) is 12.6. The van der Waals surface area contributed by atoms with Crippen molar-refractivity contribution in [3.05, 3.63) is 30.4 Å². The van der Waals surface area contributed by atoms with E-state index in [1.807, 2.05) is 39.8 Å². The van der Waals surface area contributed by atoms with Gasteiger partial charge >= 0.3 is 6.03 Å². The van der Waals surface area contributed by atoms with E-state index in [4.69, 9.17) is 14.6 Å². The molecule has 31 heavy (non-hydrogen) atoms. The molecule has 0 aliphatic carbocycles. The second-order valence-electron chi connectivity index (χ2n) is 7.78. The number of amides is 2. The number of carbonyl (C=O) groups excluding carboxylic acids is 1. The number of urea groups is 1. The monoisotopic (exact) mass is 428 g/mol. The zero-order chi connectivity index (χ0) is 22.4. The summed E-state index contributed by atoms with van der Waals surface area (Å²) in [7, 11) is 1.52. The maximum atomic E-state index is 12.4. The lowest BCUT2D eigenvalue weighted by molar-refractivity contribution is -0.114. The second-order valence-corrected chi connectivity index (χ2v) is 7.78. The van der Waals surface area contributed by atoms with Crippen LogP contribution in [0.1, 0.15) is 46.4 Å². The van der Waals surface area contributed by atoms with Gasteiger partial charge in [-0.15, -0.1) is 0 Å². The van der Waals surface area contributed by atoms with Crippen LogP contribution in [0.25, 0.3) is 22.1 Å². The van der Waals surface area contributed by atoms with Crippen LogP contribution in [0.5, 0.6) is 0 Å². The van der Waals surface area contributed by atoms with E-state index >= 15 is 0 Å². The number of imidazole rings is 1. The van der Waals surface area contributed by atoms with Crippen LogP contribution >= 0.6 is 0 Å². The van der Waals surface area contributed by atoms with Crippen LogP contribution in [-0.4, -0.2) is 56.4 Å². The number of fused-ring (bicyclic) bond motifs is 3. The third-order valence-corrected chi connectivity index (χ3v) is 5.06. The topological polar surface area (TPSA) is 94.4 Å². The van der Waals surface area contributed by atoms with Crippen molar-refractivity contribution in [2.45, 2.75) is 65.8 Å². The summed E-state index contributed by atoms with van der Waals surface area (Å²) in [4.78, 5) is 31.5. The molecule has 3 aromatic heterocycles. The number of hydroxylamine groups is 2. The van der Waals surface area contributed by atoms with E-state index < -0.39 is 0 Å². The van der Waals surface area contributed by atoms with Gasteiger partial charge in [0.05, 0.1) is 30.4 Å². The molecule has 1 unspecified atom stereocenters. The van der Waals surface area contributed by atoms with Gasteiger partial charge in [-0.1, -0.05) is 0 Å². The average Bonchev–Trinajstić information content (AvgIpc) is 3.10. The summed E-state index contributed by atoms with van der Waals surface area (Å²) in [6.45, 7) is 9.57. The molecule has 0 saturated carbocycles. The lowest BCUT2D eigenvalue weighted by Crippen LogP contribution is -2.46. The predicted molar refractivity (Wildman–Crippen MR) is 119 cm³/mol. The van der Waals surface area contributed by atoms with E-state index in [0.29, 0.717) is 13.2 Å². The van der Waals surface area contributed by atoms with Crippen molar-refractivity contribution in [3.8, 4) is 0 Å². The van der Waals surface area contributed by atoms with Crippen LogP contribution in [-0.2, 0) is 22.7 Å². The lowest BCUT2D eigenvalue weighted by atomic mass is 10.1. The molecule has 0 radical (unpaired) electrons. The summed E-state index contributed by atoms with van der Waals surface area (Å²) < 4.78 is 7.81. The molecule has 0 fully saturated rings. The number of nitrogens with zero attached hydrogens (tertiary/aromatic N) is 5. The minimum atomic E-state index is -0.226. The summed E-state index contributed by atoms with van der Waals surface area (Å²) in [6, 6.07) is 3.58. The predicted octanol–water partition coefficient (Wildman–Crippen LogP) is 3.67. The number of nitrogens with one attached hydrogen (secondary N) is 1. The Balaban J connectivity index is 1.81. The largest absolute Gasteiger partial charge is 0.374 e. The smallest absolute Gasteiger partial charge is 0.341 e. The molecule has 0 aromatic carbocycles. The fourth-order valence-corrected chi connectivity index (χ4v) is 3.65. The molecule has 0 saturated heterocycles. The molecular formula is C22H32N6O3. The number of hydrogen-bond donors (Lipinski definition) is 1. The Kier molecular flexibility index (Phi) is 7.75. The highest BCUT2D eigenvalue weighted by Gasteiger charge is 2.21. The molecule has 0 bridgehead atoms. The van der Waals surface area contributed by atoms with E-state index in [-0.39, 0.29) is 18.1 Å². The zero-order valence-electron chi connectivity index (χ0n) is 19.0. The van der Waals surface area contributed by atoms with E-state index in [9.17, 15) is 4.79 Å². The molecule has 2 amide bonds. The summed E-state index contributed by atoms with van der Waals surface area (Å²) >= 11 is 0. The first-order valence-electron chi connectivity index (χ1n) is 10.8. The Morgan fingerprint density at radius 2 is 2.06 bits per heavy atom. The molecule has 0 spiro atoms. The molecule has 1 atom stereocenters. The number of rotatable bonds is 10. The number of ether oxygens (including phenoxy) is 1. The Labute approximate surface area is 182 Å². The zero-order valence-corrected chi connectivity index (χ0v) is 19.0. The number of pyridine rings is 2. The summed E-state index contributed by atoms with van der Waals surface area (Å²) in [5.74, 6) is 0.852. The fourth-order valence-electron chi connectivity index (χ4n) is 3.65. The molecule has 9 heteroatoms. The van der Waals surface area contributed by atoms with E-state index in [1.165, 1.54) is 12.2 Å². The van der Waals surface area contributed by atoms with Crippen molar-refractivity contribution in [1.82, 2.24) is 29.9 Å². The Morgan fingerprint density at radius 1 is 1.26 bits per heavy atom. The average molecular weight is 429 g/mol. The van der Waals surface area contributed by atoms with Gasteiger partial charge < -0.3 is 14.6 Å². The van der Waals surface area contributed by atoms with Gasteiger partial charge in [0, 0.05) is 25.4 Å². The molecular weight excluding hydrogens is 396 g/mol. The van der Waals surface area contributed by atoms with Gasteiger partial charge in [0.25, 0.3) is 0 Å². The Bertz CT molecular complexity index is 1020. The molecule has 3 rings (SSSR count). The first-order valence-corrected chi connectivity index (χ1v) is 10.8. The SMILES string of the molecule is CCOCc1nc2cnc3cccnc3c2n1CCCC(C)N(OC)C(=O)NC(C)C. The van der Waals surface area contributed by atoms with Gasteiger partial charge in [0.1, 0.15) is 23.5 Å². The van der Waals surface area contributed by atoms with E-state index in [2.05, 4.69) is 19.9 Å². The van der Waals surface area contributed by atoms with E-state index in [0.717, 1.165) is 47.3 Å². The molecule has 3 aromatic rings. The van der Waals surface area contributed by atoms with Crippen LogP contribution in [0, 0.1) is 0 Å². The molecule has 0 aliphatic rings. The van der Waals surface area contributed by atoms with Crippen molar-refractivity contribution in [1.29, 1.82) is 0 Å². The molecule has 1 N–H and O–H groups in total. The Morgan fingerprint density at radius 3 is 2.77 bits per heavy atom. The highest BCUT2D eigenvalue weighted by molar-refractivity contribution is 5.99. The van der Waals surface area contributed by atoms with Crippen LogP contribution in [0.4, 0.5) is 4.79 Å². The lowest BCUT2D eigenvalue weighted by Gasteiger charge is -2.27. The maximum Gasteiger partial charge on any atom is 0.341 e. The first kappa shape index (κ1) is 22.9. The number of hydrogen-bond acceptors (Lipinski definition) is 6. The highest BCUT2D eigenvalue weighted by atomic mass is 16.7. The number of aromatic nitrogens is 4. The van der Waals surface area contributed by atoms with Crippen molar-refractivity contribution >= 4 is 28.1 Å². The molecule has 9 nitrogen and oxygen atoms in total. The number of carbonyl (C=O) groups is 1. The van der Waals surface area contributed by atoms with Crippen LogP contribution < -0.4 is 5.32 Å². The quantitative estimate of drug-likeness (QED) is 0.495. The molecule has 3 heterocycles. The van der Waals surface area contributed by atoms with Crippen molar-refractivity contribution < 1.29 is 14.4 Å². The highest BCUT2D eigenvalue weighted by Crippen LogP contribution is 2.24. The van der Waals surface area contributed by atoms with Gasteiger partial charge in [-0.3, -0.25) is 14.8 Å². The fraction of sp³-hybridized carbons (Fsp3) is 0.545. The first-order chi connectivity index (χ1) is 15.0. The van der Waals surface area contributed by atoms with Gasteiger partial charge in [-0.05, 0) is 52.7 Å². The van der Waals surface area contributed by atoms with Gasteiger partial charge in [0.15, 0.2) is 0 Å². The van der Waals surface area contributed by atoms with Crippen LogP contribution in [0.3, 0.4) is 0 Å². The minimum absolute atomic E-state index is 0.0465. The summed E-state index contributed by atoms with van der Waals surface area (Å²) in [5.41, 5.74) is 3.44. The third-order valence-electron chi connectivity index (χ3n) is 5.06. The van der Waals surface area contributed by atoms with Gasteiger partial charge in [-0.2, -0.15) is 0 Å². The minimum Gasteiger partial charge on any atom is -0.374 e. The summed E-state index contributed by atoms with van der Waals surface area (Å²) in [6.07, 6.45) is 5.16. The molecule has 168 valence electrons.